The monoisotopic (exact) mass is 491 g/mol. The molecule has 1 N–H and O–H groups in total. The number of hydrogen-bond donors (Lipinski definition) is 1. The molecule has 6 nitrogen and oxygen atoms in total. The number of halogens is 2. The van der Waals surface area contributed by atoms with E-state index in [4.69, 9.17) is 9.72 Å². The summed E-state index contributed by atoms with van der Waals surface area (Å²) in [4.78, 5) is 9.09. The van der Waals surface area contributed by atoms with Crippen molar-refractivity contribution in [3.05, 3.63) is 89.4 Å². The number of benzene rings is 2. The van der Waals surface area contributed by atoms with Gasteiger partial charge in [0, 0.05) is 29.7 Å². The van der Waals surface area contributed by atoms with E-state index in [-0.39, 0.29) is 5.82 Å². The van der Waals surface area contributed by atoms with Gasteiger partial charge in [0.15, 0.2) is 5.65 Å². The zero-order chi connectivity index (χ0) is 22.2. The summed E-state index contributed by atoms with van der Waals surface area (Å²) in [5, 5.41) is 3.44. The summed E-state index contributed by atoms with van der Waals surface area (Å²) < 4.78 is 23.6. The Labute approximate surface area is 192 Å². The van der Waals surface area contributed by atoms with Crippen molar-refractivity contribution in [2.24, 2.45) is 0 Å². The third-order valence-corrected chi connectivity index (χ3v) is 5.92. The second kappa shape index (κ2) is 8.12. The number of pyridine rings is 1. The lowest BCUT2D eigenvalue weighted by Crippen LogP contribution is -1.99. The Morgan fingerprint density at radius 1 is 1.09 bits per heavy atom. The normalized spacial score (nSPS) is 11.1. The van der Waals surface area contributed by atoms with Crippen LogP contribution in [-0.2, 0) is 0 Å². The van der Waals surface area contributed by atoms with Crippen LogP contribution in [0.1, 0.15) is 5.69 Å². The van der Waals surface area contributed by atoms with E-state index in [1.54, 1.807) is 25.6 Å². The van der Waals surface area contributed by atoms with E-state index < -0.39 is 0 Å². The summed E-state index contributed by atoms with van der Waals surface area (Å²) in [6.07, 6.45) is 5.64. The lowest BCUT2D eigenvalue weighted by molar-refractivity contribution is 0.413. The Kier molecular flexibility index (Phi) is 5.14. The van der Waals surface area contributed by atoms with Gasteiger partial charge in [0.2, 0.25) is 0 Å². The predicted octanol–water partition coefficient (Wildman–Crippen LogP) is 6.15. The summed E-state index contributed by atoms with van der Waals surface area (Å²) in [7, 11) is 1.65. The summed E-state index contributed by atoms with van der Waals surface area (Å²) in [6, 6.07) is 16.1. The van der Waals surface area contributed by atoms with Crippen LogP contribution in [0, 0.1) is 12.7 Å². The zero-order valence-corrected chi connectivity index (χ0v) is 19.0. The van der Waals surface area contributed by atoms with Gasteiger partial charge >= 0.3 is 0 Å². The predicted molar refractivity (Wildman–Crippen MR) is 126 cm³/mol. The molecule has 0 amide bonds. The van der Waals surface area contributed by atoms with Gasteiger partial charge in [-0.15, -0.1) is 0 Å². The van der Waals surface area contributed by atoms with Gasteiger partial charge < -0.3 is 14.6 Å². The lowest BCUT2D eigenvalue weighted by atomic mass is 10.2. The molecule has 32 heavy (non-hydrogen) atoms. The quantitative estimate of drug-likeness (QED) is 0.320. The summed E-state index contributed by atoms with van der Waals surface area (Å²) in [5.74, 6) is 0.440. The van der Waals surface area contributed by atoms with Crippen LogP contribution in [-0.4, -0.2) is 26.0 Å². The fraction of sp³-hybridized carbons (Fsp3) is 0.0833. The molecule has 8 heteroatoms. The number of fused-ring (bicyclic) bond motifs is 1. The highest BCUT2D eigenvalue weighted by atomic mass is 79.9. The van der Waals surface area contributed by atoms with Crippen molar-refractivity contribution in [2.45, 2.75) is 6.92 Å². The van der Waals surface area contributed by atoms with Crippen LogP contribution < -0.4 is 10.1 Å². The number of aryl methyl sites for hydroxylation is 1. The molecule has 3 aromatic heterocycles. The van der Waals surface area contributed by atoms with E-state index in [9.17, 15) is 4.39 Å². The Morgan fingerprint density at radius 2 is 1.91 bits per heavy atom. The van der Waals surface area contributed by atoms with Crippen LogP contribution in [0.2, 0.25) is 0 Å². The molecule has 160 valence electrons. The average molecular weight is 492 g/mol. The standard InChI is InChI=1S/C24H19BrFN5O/c1-15-13-30(14-27-15)20-10-9-18(12-21(20)32-2)28-19-4-3-11-31-23(25)22(29-24(19)31)16-5-7-17(26)8-6-16/h3-14,28H,1-2H3. The maximum atomic E-state index is 13.4. The maximum absolute atomic E-state index is 13.4. The molecule has 5 rings (SSSR count). The Morgan fingerprint density at radius 3 is 2.62 bits per heavy atom. The summed E-state index contributed by atoms with van der Waals surface area (Å²) >= 11 is 3.64. The first kappa shape index (κ1) is 20.3. The van der Waals surface area contributed by atoms with E-state index in [2.05, 4.69) is 26.2 Å². The van der Waals surface area contributed by atoms with Crippen LogP contribution in [0.5, 0.6) is 5.75 Å². The minimum atomic E-state index is -0.278. The number of nitrogens with zero attached hydrogens (tertiary/aromatic N) is 4. The number of imidazole rings is 2. The van der Waals surface area contributed by atoms with Gasteiger partial charge in [-0.1, -0.05) is 0 Å². The molecule has 0 saturated heterocycles. The van der Waals surface area contributed by atoms with Crippen molar-refractivity contribution < 1.29 is 9.13 Å². The topological polar surface area (TPSA) is 56.4 Å². The minimum absolute atomic E-state index is 0.278. The molecule has 0 spiro atoms. The first-order chi connectivity index (χ1) is 15.5. The van der Waals surface area contributed by atoms with Gasteiger partial charge in [-0.2, -0.15) is 0 Å². The lowest BCUT2D eigenvalue weighted by Gasteiger charge is -2.13. The van der Waals surface area contributed by atoms with E-state index in [1.165, 1.54) is 12.1 Å². The highest BCUT2D eigenvalue weighted by Crippen LogP contribution is 2.34. The smallest absolute Gasteiger partial charge is 0.162 e. The van der Waals surface area contributed by atoms with Crippen LogP contribution >= 0.6 is 15.9 Å². The first-order valence-electron chi connectivity index (χ1n) is 9.92. The van der Waals surface area contributed by atoms with Crippen molar-refractivity contribution in [3.63, 3.8) is 0 Å². The molecule has 0 bridgehead atoms. The van der Waals surface area contributed by atoms with Gasteiger partial charge in [-0.25, -0.2) is 14.4 Å². The van der Waals surface area contributed by atoms with Crippen LogP contribution in [0.25, 0.3) is 22.6 Å². The van der Waals surface area contributed by atoms with Crippen LogP contribution in [0.3, 0.4) is 0 Å². The molecule has 5 aromatic rings. The van der Waals surface area contributed by atoms with Crippen molar-refractivity contribution >= 4 is 33.0 Å². The van der Waals surface area contributed by atoms with Gasteiger partial charge in [-0.3, -0.25) is 4.40 Å². The minimum Gasteiger partial charge on any atom is -0.494 e. The van der Waals surface area contributed by atoms with Gasteiger partial charge in [0.25, 0.3) is 0 Å². The maximum Gasteiger partial charge on any atom is 0.162 e. The first-order valence-corrected chi connectivity index (χ1v) is 10.7. The molecule has 0 saturated carbocycles. The molecule has 0 unspecified atom stereocenters. The summed E-state index contributed by atoms with van der Waals surface area (Å²) in [6.45, 7) is 1.95. The second-order valence-corrected chi connectivity index (χ2v) is 8.06. The highest BCUT2D eigenvalue weighted by molar-refractivity contribution is 9.10. The molecule has 0 aliphatic carbocycles. The second-order valence-electron chi connectivity index (χ2n) is 7.31. The van der Waals surface area contributed by atoms with E-state index in [0.717, 1.165) is 50.0 Å². The van der Waals surface area contributed by atoms with E-state index >= 15 is 0 Å². The SMILES string of the molecule is COc1cc(Nc2cccn3c(Br)c(-c4ccc(F)cc4)nc23)ccc1-n1cnc(C)c1. The number of methoxy groups -OCH3 is 1. The molecular formula is C24H19BrFN5O. The Hall–Kier alpha value is -3.65. The number of hydrogen-bond acceptors (Lipinski definition) is 4. The number of nitrogens with one attached hydrogen (secondary N) is 1. The third-order valence-electron chi connectivity index (χ3n) is 5.16. The largest absolute Gasteiger partial charge is 0.494 e. The third kappa shape index (κ3) is 3.62. The molecule has 2 aromatic carbocycles. The van der Waals surface area contributed by atoms with Gasteiger partial charge in [0.1, 0.15) is 21.9 Å². The number of aromatic nitrogens is 4. The van der Waals surface area contributed by atoms with E-state index in [1.807, 2.05) is 58.6 Å². The molecule has 0 radical (unpaired) electrons. The molecule has 0 aliphatic heterocycles. The van der Waals surface area contributed by atoms with Crippen molar-refractivity contribution in [1.82, 2.24) is 18.9 Å². The molecule has 0 atom stereocenters. The van der Waals surface area contributed by atoms with Crippen LogP contribution in [0.4, 0.5) is 15.8 Å². The van der Waals surface area contributed by atoms with Crippen molar-refractivity contribution in [2.75, 3.05) is 12.4 Å². The highest BCUT2D eigenvalue weighted by Gasteiger charge is 2.15. The van der Waals surface area contributed by atoms with Gasteiger partial charge in [0.05, 0.1) is 30.5 Å². The number of rotatable bonds is 5. The molecule has 0 aliphatic rings. The fourth-order valence-corrected chi connectivity index (χ4v) is 4.21. The molecule has 0 fully saturated rings. The molecule has 3 heterocycles. The van der Waals surface area contributed by atoms with Crippen molar-refractivity contribution in [3.8, 4) is 22.7 Å². The Bertz CT molecular complexity index is 1420. The average Bonchev–Trinajstić information content (AvgIpc) is 3.38. The van der Waals surface area contributed by atoms with Gasteiger partial charge in [-0.05, 0) is 71.4 Å². The van der Waals surface area contributed by atoms with Crippen LogP contribution in [0.15, 0.2) is 77.9 Å². The Balaban J connectivity index is 1.53. The number of anilines is 2. The fourth-order valence-electron chi connectivity index (χ4n) is 3.60. The number of ether oxygens (including phenoxy) is 1. The molecular weight excluding hydrogens is 473 g/mol. The summed E-state index contributed by atoms with van der Waals surface area (Å²) in [5.41, 5.74) is 5.83. The van der Waals surface area contributed by atoms with Crippen molar-refractivity contribution in [1.29, 1.82) is 0 Å². The van der Waals surface area contributed by atoms with E-state index in [0.29, 0.717) is 0 Å². The zero-order valence-electron chi connectivity index (χ0n) is 17.4.